The number of rotatable bonds is 4. The van der Waals surface area contributed by atoms with Gasteiger partial charge in [0.2, 0.25) is 0 Å². The van der Waals surface area contributed by atoms with Gasteiger partial charge in [-0.2, -0.15) is 0 Å². The number of aryl methyl sites for hydroxylation is 1. The summed E-state index contributed by atoms with van der Waals surface area (Å²) in [6.45, 7) is 4.26. The lowest BCUT2D eigenvalue weighted by atomic mass is 9.87. The summed E-state index contributed by atoms with van der Waals surface area (Å²) in [6, 6.07) is 6.63. The van der Waals surface area contributed by atoms with E-state index in [-0.39, 0.29) is 0 Å². The standard InChI is InChI=1S/C15H23NO2/c1-15(2,17)10-16-14-6-4-5-11-7-8-12(18-3)9-13(11)14/h7-9,14,16-17H,4-6,10H2,1-3H3. The molecule has 1 atom stereocenters. The predicted octanol–water partition coefficient (Wildman–Crippen LogP) is 2.43. The van der Waals surface area contributed by atoms with E-state index >= 15 is 0 Å². The molecule has 0 spiro atoms. The van der Waals surface area contributed by atoms with Crippen LogP contribution in [0.3, 0.4) is 0 Å². The van der Waals surface area contributed by atoms with E-state index in [0.717, 1.165) is 18.6 Å². The van der Waals surface area contributed by atoms with Crippen molar-refractivity contribution in [2.24, 2.45) is 0 Å². The molecular weight excluding hydrogens is 226 g/mol. The first-order valence-corrected chi connectivity index (χ1v) is 6.62. The van der Waals surface area contributed by atoms with Crippen LogP contribution in [0, 0.1) is 0 Å². The van der Waals surface area contributed by atoms with Gasteiger partial charge in [0, 0.05) is 12.6 Å². The Kier molecular flexibility index (Phi) is 3.93. The van der Waals surface area contributed by atoms with Crippen LogP contribution in [0.2, 0.25) is 0 Å². The van der Waals surface area contributed by atoms with Crippen LogP contribution in [0.4, 0.5) is 0 Å². The SMILES string of the molecule is COc1ccc2c(c1)C(NCC(C)(C)O)CCC2. The van der Waals surface area contributed by atoms with Gasteiger partial charge in [-0.1, -0.05) is 6.07 Å². The quantitative estimate of drug-likeness (QED) is 0.861. The molecule has 0 aromatic heterocycles. The summed E-state index contributed by atoms with van der Waals surface area (Å²) in [6.07, 6.45) is 3.46. The molecule has 18 heavy (non-hydrogen) atoms. The molecule has 1 aromatic rings. The van der Waals surface area contributed by atoms with Gasteiger partial charge in [0.15, 0.2) is 0 Å². The molecular formula is C15H23NO2. The van der Waals surface area contributed by atoms with Gasteiger partial charge < -0.3 is 15.2 Å². The van der Waals surface area contributed by atoms with Crippen molar-refractivity contribution in [3.05, 3.63) is 29.3 Å². The Morgan fingerprint density at radius 2 is 2.22 bits per heavy atom. The van der Waals surface area contributed by atoms with E-state index < -0.39 is 5.60 Å². The minimum absolute atomic E-state index is 0.329. The first-order chi connectivity index (χ1) is 8.49. The lowest BCUT2D eigenvalue weighted by molar-refractivity contribution is 0.0756. The fourth-order valence-electron chi connectivity index (χ4n) is 2.49. The number of hydrogen-bond donors (Lipinski definition) is 2. The molecule has 0 bridgehead atoms. The summed E-state index contributed by atoms with van der Waals surface area (Å²) >= 11 is 0. The Labute approximate surface area is 109 Å². The fourth-order valence-corrected chi connectivity index (χ4v) is 2.49. The van der Waals surface area contributed by atoms with Crippen molar-refractivity contribution in [2.45, 2.75) is 44.8 Å². The summed E-state index contributed by atoms with van der Waals surface area (Å²) in [4.78, 5) is 0. The molecule has 3 heteroatoms. The summed E-state index contributed by atoms with van der Waals surface area (Å²) < 4.78 is 5.30. The zero-order valence-electron chi connectivity index (χ0n) is 11.5. The molecule has 0 fully saturated rings. The molecule has 3 nitrogen and oxygen atoms in total. The maximum atomic E-state index is 9.81. The molecule has 0 saturated carbocycles. The molecule has 100 valence electrons. The number of aliphatic hydroxyl groups is 1. The van der Waals surface area contributed by atoms with Gasteiger partial charge in [0.1, 0.15) is 5.75 Å². The molecule has 1 aromatic carbocycles. The first kappa shape index (κ1) is 13.4. The monoisotopic (exact) mass is 249 g/mol. The van der Waals surface area contributed by atoms with Crippen molar-refractivity contribution in [3.63, 3.8) is 0 Å². The molecule has 1 unspecified atom stereocenters. The number of methoxy groups -OCH3 is 1. The van der Waals surface area contributed by atoms with Gasteiger partial charge in [-0.05, 0) is 56.4 Å². The van der Waals surface area contributed by atoms with E-state index in [2.05, 4.69) is 17.4 Å². The van der Waals surface area contributed by atoms with E-state index in [1.54, 1.807) is 7.11 Å². The van der Waals surface area contributed by atoms with Gasteiger partial charge in [-0.25, -0.2) is 0 Å². The highest BCUT2D eigenvalue weighted by Gasteiger charge is 2.22. The maximum absolute atomic E-state index is 9.81. The predicted molar refractivity (Wildman–Crippen MR) is 73.0 cm³/mol. The number of ether oxygens (including phenoxy) is 1. The average Bonchev–Trinajstić information content (AvgIpc) is 2.34. The van der Waals surface area contributed by atoms with E-state index in [1.165, 1.54) is 17.5 Å². The smallest absolute Gasteiger partial charge is 0.119 e. The van der Waals surface area contributed by atoms with Crippen molar-refractivity contribution in [1.29, 1.82) is 0 Å². The molecule has 0 radical (unpaired) electrons. The lowest BCUT2D eigenvalue weighted by Crippen LogP contribution is -2.37. The second kappa shape index (κ2) is 5.29. The summed E-state index contributed by atoms with van der Waals surface area (Å²) in [5, 5.41) is 13.3. The molecule has 0 saturated heterocycles. The fraction of sp³-hybridized carbons (Fsp3) is 0.600. The van der Waals surface area contributed by atoms with Crippen LogP contribution < -0.4 is 10.1 Å². The summed E-state index contributed by atoms with van der Waals surface area (Å²) in [5.41, 5.74) is 2.05. The minimum Gasteiger partial charge on any atom is -0.497 e. The van der Waals surface area contributed by atoms with Crippen molar-refractivity contribution in [3.8, 4) is 5.75 Å². The third kappa shape index (κ3) is 3.24. The van der Waals surface area contributed by atoms with Crippen molar-refractivity contribution in [2.75, 3.05) is 13.7 Å². The topological polar surface area (TPSA) is 41.5 Å². The molecule has 0 heterocycles. The van der Waals surface area contributed by atoms with Gasteiger partial charge >= 0.3 is 0 Å². The van der Waals surface area contributed by atoms with Crippen LogP contribution in [0.1, 0.15) is 43.9 Å². The van der Waals surface area contributed by atoms with Crippen LogP contribution in [0.25, 0.3) is 0 Å². The van der Waals surface area contributed by atoms with E-state index in [1.807, 2.05) is 19.9 Å². The zero-order chi connectivity index (χ0) is 13.2. The minimum atomic E-state index is -0.670. The Morgan fingerprint density at radius 1 is 1.44 bits per heavy atom. The van der Waals surface area contributed by atoms with Crippen LogP contribution in [-0.4, -0.2) is 24.4 Å². The molecule has 1 aliphatic carbocycles. The number of fused-ring (bicyclic) bond motifs is 1. The van der Waals surface area contributed by atoms with Gasteiger partial charge in [0.25, 0.3) is 0 Å². The maximum Gasteiger partial charge on any atom is 0.119 e. The third-order valence-electron chi connectivity index (χ3n) is 3.45. The molecule has 1 aliphatic rings. The second-order valence-electron chi connectivity index (χ2n) is 5.70. The molecule has 2 N–H and O–H groups in total. The lowest BCUT2D eigenvalue weighted by Gasteiger charge is -2.29. The molecule has 0 amide bonds. The highest BCUT2D eigenvalue weighted by molar-refractivity contribution is 5.39. The second-order valence-corrected chi connectivity index (χ2v) is 5.70. The van der Waals surface area contributed by atoms with Gasteiger partial charge in [0.05, 0.1) is 12.7 Å². The average molecular weight is 249 g/mol. The van der Waals surface area contributed by atoms with Crippen LogP contribution >= 0.6 is 0 Å². The third-order valence-corrected chi connectivity index (χ3v) is 3.45. The van der Waals surface area contributed by atoms with Crippen LogP contribution in [0.15, 0.2) is 18.2 Å². The van der Waals surface area contributed by atoms with Gasteiger partial charge in [-0.15, -0.1) is 0 Å². The van der Waals surface area contributed by atoms with E-state index in [9.17, 15) is 5.11 Å². The zero-order valence-corrected chi connectivity index (χ0v) is 11.5. The van der Waals surface area contributed by atoms with Crippen molar-refractivity contribution < 1.29 is 9.84 Å². The van der Waals surface area contributed by atoms with E-state index in [0.29, 0.717) is 12.6 Å². The number of benzene rings is 1. The van der Waals surface area contributed by atoms with Crippen LogP contribution in [-0.2, 0) is 6.42 Å². The number of hydrogen-bond acceptors (Lipinski definition) is 3. The van der Waals surface area contributed by atoms with Crippen molar-refractivity contribution in [1.82, 2.24) is 5.32 Å². The Balaban J connectivity index is 2.15. The first-order valence-electron chi connectivity index (χ1n) is 6.62. The summed E-state index contributed by atoms with van der Waals surface area (Å²) in [5.74, 6) is 0.908. The largest absolute Gasteiger partial charge is 0.497 e. The Bertz CT molecular complexity index is 409. The Hall–Kier alpha value is -1.06. The highest BCUT2D eigenvalue weighted by Crippen LogP contribution is 2.32. The van der Waals surface area contributed by atoms with Gasteiger partial charge in [-0.3, -0.25) is 0 Å². The normalized spacial score (nSPS) is 19.4. The van der Waals surface area contributed by atoms with E-state index in [4.69, 9.17) is 4.74 Å². The summed E-state index contributed by atoms with van der Waals surface area (Å²) in [7, 11) is 1.70. The number of nitrogens with one attached hydrogen (secondary N) is 1. The molecule has 0 aliphatic heterocycles. The van der Waals surface area contributed by atoms with Crippen molar-refractivity contribution >= 4 is 0 Å². The Morgan fingerprint density at radius 3 is 2.89 bits per heavy atom. The molecule has 2 rings (SSSR count). The highest BCUT2D eigenvalue weighted by atomic mass is 16.5. The van der Waals surface area contributed by atoms with Crippen LogP contribution in [0.5, 0.6) is 5.75 Å².